The summed E-state index contributed by atoms with van der Waals surface area (Å²) in [6, 6.07) is 10.0. The van der Waals surface area contributed by atoms with Crippen molar-refractivity contribution in [1.29, 1.82) is 0 Å². The van der Waals surface area contributed by atoms with Gasteiger partial charge in [0.15, 0.2) is 0 Å². The second-order valence-corrected chi connectivity index (χ2v) is 7.11. The molecule has 1 aliphatic carbocycles. The van der Waals surface area contributed by atoms with Crippen LogP contribution in [0.2, 0.25) is 0 Å². The van der Waals surface area contributed by atoms with Gasteiger partial charge in [-0.05, 0) is 56.0 Å². The fourth-order valence-electron chi connectivity index (χ4n) is 2.98. The SMILES string of the molecule is Cc1ccc(C)c(NC(=O)CN(CCC(=O)Nc2cccnc2)C2CC2)c1. The molecule has 1 saturated carbocycles. The van der Waals surface area contributed by atoms with Gasteiger partial charge in [0.1, 0.15) is 0 Å². The quantitative estimate of drug-likeness (QED) is 0.753. The average molecular weight is 366 g/mol. The van der Waals surface area contributed by atoms with E-state index in [1.165, 1.54) is 0 Å². The molecular weight excluding hydrogens is 340 g/mol. The Morgan fingerprint density at radius 3 is 2.67 bits per heavy atom. The molecule has 1 aromatic heterocycles. The van der Waals surface area contributed by atoms with Crippen LogP contribution in [-0.4, -0.2) is 40.8 Å². The molecular formula is C21H26N4O2. The van der Waals surface area contributed by atoms with Crippen LogP contribution in [0.1, 0.15) is 30.4 Å². The lowest BCUT2D eigenvalue weighted by Gasteiger charge is -2.21. The zero-order valence-corrected chi connectivity index (χ0v) is 15.9. The largest absolute Gasteiger partial charge is 0.325 e. The molecule has 1 aliphatic rings. The second-order valence-electron chi connectivity index (χ2n) is 7.11. The number of nitrogens with zero attached hydrogens (tertiary/aromatic N) is 2. The third-order valence-corrected chi connectivity index (χ3v) is 4.65. The van der Waals surface area contributed by atoms with Gasteiger partial charge < -0.3 is 10.6 Å². The molecule has 0 spiro atoms. The predicted molar refractivity (Wildman–Crippen MR) is 107 cm³/mol. The van der Waals surface area contributed by atoms with Crippen molar-refractivity contribution in [1.82, 2.24) is 9.88 Å². The van der Waals surface area contributed by atoms with Gasteiger partial charge in [-0.1, -0.05) is 12.1 Å². The van der Waals surface area contributed by atoms with Gasteiger partial charge >= 0.3 is 0 Å². The van der Waals surface area contributed by atoms with Crippen LogP contribution in [0.3, 0.4) is 0 Å². The van der Waals surface area contributed by atoms with Crippen molar-refractivity contribution in [2.75, 3.05) is 23.7 Å². The van der Waals surface area contributed by atoms with Crippen molar-refractivity contribution in [3.63, 3.8) is 0 Å². The lowest BCUT2D eigenvalue weighted by Crippen LogP contribution is -2.37. The lowest BCUT2D eigenvalue weighted by molar-refractivity contribution is -0.119. The zero-order valence-electron chi connectivity index (χ0n) is 15.9. The van der Waals surface area contributed by atoms with Crippen molar-refractivity contribution >= 4 is 23.2 Å². The number of benzene rings is 1. The standard InChI is InChI=1S/C21H26N4O2/c1-15-5-6-16(2)19(12-15)24-21(27)14-25(18-7-8-18)11-9-20(26)23-17-4-3-10-22-13-17/h3-6,10,12-13,18H,7-9,11,14H2,1-2H3,(H,23,26)(H,24,27). The van der Waals surface area contributed by atoms with Gasteiger partial charge in [0.2, 0.25) is 11.8 Å². The molecule has 0 bridgehead atoms. The number of aryl methyl sites for hydroxylation is 2. The van der Waals surface area contributed by atoms with Crippen LogP contribution < -0.4 is 10.6 Å². The summed E-state index contributed by atoms with van der Waals surface area (Å²) in [5, 5.41) is 5.84. The van der Waals surface area contributed by atoms with Crippen molar-refractivity contribution in [2.24, 2.45) is 0 Å². The monoisotopic (exact) mass is 366 g/mol. The summed E-state index contributed by atoms with van der Waals surface area (Å²) >= 11 is 0. The van der Waals surface area contributed by atoms with Gasteiger partial charge in [-0.2, -0.15) is 0 Å². The van der Waals surface area contributed by atoms with Gasteiger partial charge in [0.25, 0.3) is 0 Å². The molecule has 6 heteroatoms. The minimum atomic E-state index is -0.0661. The van der Waals surface area contributed by atoms with E-state index in [-0.39, 0.29) is 11.8 Å². The molecule has 6 nitrogen and oxygen atoms in total. The number of nitrogens with one attached hydrogen (secondary N) is 2. The summed E-state index contributed by atoms with van der Waals surface area (Å²) in [5.41, 5.74) is 3.70. The molecule has 3 rings (SSSR count). The maximum atomic E-state index is 12.5. The van der Waals surface area contributed by atoms with Crippen molar-refractivity contribution < 1.29 is 9.59 Å². The normalized spacial score (nSPS) is 13.4. The van der Waals surface area contributed by atoms with Gasteiger partial charge in [-0.3, -0.25) is 19.5 Å². The number of hydrogen-bond acceptors (Lipinski definition) is 4. The van der Waals surface area contributed by atoms with Crippen LogP contribution in [-0.2, 0) is 9.59 Å². The summed E-state index contributed by atoms with van der Waals surface area (Å²) in [7, 11) is 0. The summed E-state index contributed by atoms with van der Waals surface area (Å²) in [6.07, 6.45) is 5.80. The van der Waals surface area contributed by atoms with E-state index < -0.39 is 0 Å². The highest BCUT2D eigenvalue weighted by atomic mass is 16.2. The van der Waals surface area contributed by atoms with Crippen LogP contribution >= 0.6 is 0 Å². The molecule has 2 N–H and O–H groups in total. The Labute approximate surface area is 160 Å². The molecule has 2 amide bonds. The van der Waals surface area contributed by atoms with Gasteiger partial charge in [0, 0.05) is 30.9 Å². The van der Waals surface area contributed by atoms with E-state index in [0.717, 1.165) is 29.7 Å². The highest BCUT2D eigenvalue weighted by Crippen LogP contribution is 2.27. The number of hydrogen-bond donors (Lipinski definition) is 2. The molecule has 142 valence electrons. The minimum Gasteiger partial charge on any atom is -0.325 e. The molecule has 1 aromatic carbocycles. The lowest BCUT2D eigenvalue weighted by atomic mass is 10.1. The Hall–Kier alpha value is -2.73. The van der Waals surface area contributed by atoms with E-state index in [1.807, 2.05) is 32.0 Å². The Morgan fingerprint density at radius 2 is 1.96 bits per heavy atom. The van der Waals surface area contributed by atoms with Crippen LogP contribution in [0.4, 0.5) is 11.4 Å². The topological polar surface area (TPSA) is 74.3 Å². The third kappa shape index (κ3) is 5.89. The summed E-state index contributed by atoms with van der Waals surface area (Å²) < 4.78 is 0. The number of carbonyl (C=O) groups excluding carboxylic acids is 2. The Morgan fingerprint density at radius 1 is 1.15 bits per heavy atom. The van der Waals surface area contributed by atoms with Crippen molar-refractivity contribution in [3.8, 4) is 0 Å². The Kier molecular flexibility index (Phi) is 6.19. The summed E-state index contributed by atoms with van der Waals surface area (Å²) in [6.45, 7) is 4.86. The number of carbonyl (C=O) groups is 2. The minimum absolute atomic E-state index is 0.0386. The summed E-state index contributed by atoms with van der Waals surface area (Å²) in [4.78, 5) is 30.7. The molecule has 2 aromatic rings. The highest BCUT2D eigenvalue weighted by Gasteiger charge is 2.30. The molecule has 0 saturated heterocycles. The predicted octanol–water partition coefficient (Wildman–Crippen LogP) is 3.13. The average Bonchev–Trinajstić information content (AvgIpc) is 3.47. The first-order chi connectivity index (χ1) is 13.0. The molecule has 0 unspecified atom stereocenters. The first-order valence-electron chi connectivity index (χ1n) is 9.32. The van der Waals surface area contributed by atoms with Gasteiger partial charge in [-0.15, -0.1) is 0 Å². The second kappa shape index (κ2) is 8.77. The third-order valence-electron chi connectivity index (χ3n) is 4.65. The number of amides is 2. The maximum absolute atomic E-state index is 12.5. The van der Waals surface area contributed by atoms with E-state index in [2.05, 4.69) is 20.5 Å². The van der Waals surface area contributed by atoms with E-state index in [9.17, 15) is 9.59 Å². The first-order valence-corrected chi connectivity index (χ1v) is 9.32. The number of anilines is 2. The van der Waals surface area contributed by atoms with Crippen LogP contribution in [0.5, 0.6) is 0 Å². The van der Waals surface area contributed by atoms with Crippen LogP contribution in [0.25, 0.3) is 0 Å². The van der Waals surface area contributed by atoms with Crippen LogP contribution in [0.15, 0.2) is 42.7 Å². The number of rotatable bonds is 8. The zero-order chi connectivity index (χ0) is 19.2. The maximum Gasteiger partial charge on any atom is 0.238 e. The van der Waals surface area contributed by atoms with Crippen molar-refractivity contribution in [2.45, 2.75) is 39.2 Å². The van der Waals surface area contributed by atoms with Gasteiger partial charge in [0.05, 0.1) is 18.4 Å². The highest BCUT2D eigenvalue weighted by molar-refractivity contribution is 5.93. The van der Waals surface area contributed by atoms with E-state index >= 15 is 0 Å². The fraction of sp³-hybridized carbons (Fsp3) is 0.381. The Bertz CT molecular complexity index is 803. The molecule has 0 atom stereocenters. The molecule has 0 radical (unpaired) electrons. The molecule has 0 aliphatic heterocycles. The van der Waals surface area contributed by atoms with Crippen molar-refractivity contribution in [3.05, 3.63) is 53.9 Å². The van der Waals surface area contributed by atoms with E-state index in [1.54, 1.807) is 24.5 Å². The number of aromatic nitrogens is 1. The van der Waals surface area contributed by atoms with E-state index in [0.29, 0.717) is 31.2 Å². The Balaban J connectivity index is 1.51. The molecule has 27 heavy (non-hydrogen) atoms. The molecule has 1 fully saturated rings. The molecule has 1 heterocycles. The van der Waals surface area contributed by atoms with E-state index in [4.69, 9.17) is 0 Å². The summed E-state index contributed by atoms with van der Waals surface area (Å²) in [5.74, 6) is -0.105. The number of pyridine rings is 1. The van der Waals surface area contributed by atoms with Gasteiger partial charge in [-0.25, -0.2) is 0 Å². The smallest absolute Gasteiger partial charge is 0.238 e. The fourth-order valence-corrected chi connectivity index (χ4v) is 2.98. The first kappa shape index (κ1) is 19.0. The van der Waals surface area contributed by atoms with Crippen LogP contribution in [0, 0.1) is 13.8 Å².